The zero-order valence-electron chi connectivity index (χ0n) is 23.4. The van der Waals surface area contributed by atoms with Gasteiger partial charge in [0.2, 0.25) is 0 Å². The Morgan fingerprint density at radius 1 is 0.786 bits per heavy atom. The van der Waals surface area contributed by atoms with Gasteiger partial charge in [0, 0.05) is 5.57 Å². The van der Waals surface area contributed by atoms with E-state index >= 15 is 0 Å². The molecule has 0 radical (unpaired) electrons. The monoisotopic (exact) mass is 641 g/mol. The number of nitrogens with zero attached hydrogens (tertiary/aromatic N) is 1. The smallest absolute Gasteiger partial charge is 0.326 e. The molecule has 0 atom stereocenters. The summed E-state index contributed by atoms with van der Waals surface area (Å²) in [6.07, 6.45) is 12.9. The summed E-state index contributed by atoms with van der Waals surface area (Å²) in [5, 5.41) is 7.82. The molecule has 1 fully saturated rings. The molecular formula is C28H35F6N2O4S2+. The van der Waals surface area contributed by atoms with Crippen LogP contribution in [0.5, 0.6) is 0 Å². The van der Waals surface area contributed by atoms with Gasteiger partial charge in [0.15, 0.2) is 0 Å². The number of alkyl halides is 6. The lowest BCUT2D eigenvalue weighted by molar-refractivity contribution is -0.914. The topological polar surface area (TPSA) is 92.1 Å². The van der Waals surface area contributed by atoms with Crippen LogP contribution in [-0.2, 0) is 19.7 Å². The molecule has 0 amide bonds. The van der Waals surface area contributed by atoms with Gasteiger partial charge in [-0.1, -0.05) is 50.5 Å². The fraction of sp³-hybridized carbons (Fsp3) is 0.536. The van der Waals surface area contributed by atoms with Gasteiger partial charge in [0.05, 0.1) is 37.3 Å². The summed E-state index contributed by atoms with van der Waals surface area (Å²) in [5.74, 6) is 0. The second-order valence-corrected chi connectivity index (χ2v) is 14.7. The molecule has 2 aliphatic carbocycles. The molecule has 1 aromatic carbocycles. The zero-order chi connectivity index (χ0) is 31.6. The Labute approximate surface area is 242 Å². The molecule has 1 aliphatic heterocycles. The van der Waals surface area contributed by atoms with Crippen molar-refractivity contribution in [2.24, 2.45) is 0 Å². The van der Waals surface area contributed by atoms with Crippen molar-refractivity contribution in [3.05, 3.63) is 56.9 Å². The second kappa shape index (κ2) is 12.7. The first kappa shape index (κ1) is 34.0. The summed E-state index contributed by atoms with van der Waals surface area (Å²) in [6, 6.07) is 5.69. The molecule has 0 spiro atoms. The fourth-order valence-corrected chi connectivity index (χ4v) is 7.81. The summed E-state index contributed by atoms with van der Waals surface area (Å²) in [4.78, 5) is -4.38. The first-order valence-electron chi connectivity index (χ1n) is 13.7. The van der Waals surface area contributed by atoms with E-state index in [0.29, 0.717) is 0 Å². The molecule has 1 heterocycles. The largest absolute Gasteiger partial charge is 0.502 e. The Balaban J connectivity index is 0.000000291. The van der Waals surface area contributed by atoms with Crippen molar-refractivity contribution in [2.75, 3.05) is 26.7 Å². The first-order chi connectivity index (χ1) is 19.4. The zero-order valence-corrected chi connectivity index (χ0v) is 25.0. The molecule has 3 aliphatic rings. The number of fused-ring (bicyclic) bond motifs is 3. The van der Waals surface area contributed by atoms with Crippen LogP contribution < -0.4 is 0 Å². The van der Waals surface area contributed by atoms with Crippen molar-refractivity contribution >= 4 is 37.0 Å². The average Bonchev–Trinajstić information content (AvgIpc) is 3.27. The van der Waals surface area contributed by atoms with E-state index in [9.17, 15) is 43.2 Å². The number of hydrogen-bond acceptors (Lipinski definition) is 5. The summed E-state index contributed by atoms with van der Waals surface area (Å²) in [6.45, 7) is 6.60. The lowest BCUT2D eigenvalue weighted by atomic mass is 9.95. The normalized spacial score (nSPS) is 18.9. The molecule has 1 saturated heterocycles. The second-order valence-electron chi connectivity index (χ2n) is 10.9. The lowest BCUT2D eigenvalue weighted by Gasteiger charge is -2.37. The van der Waals surface area contributed by atoms with Crippen LogP contribution >= 0.6 is 0 Å². The number of sulfone groups is 2. The number of hydrogen-bond donors (Lipinski definition) is 1. The molecule has 4 rings (SSSR count). The predicted octanol–water partition coefficient (Wildman–Crippen LogP) is 7.17. The van der Waals surface area contributed by atoms with Crippen LogP contribution in [0, 0.1) is 5.41 Å². The minimum absolute atomic E-state index is 0.153. The van der Waals surface area contributed by atoms with Gasteiger partial charge in [-0.2, -0.15) is 26.3 Å². The number of halogens is 6. The van der Waals surface area contributed by atoms with Gasteiger partial charge in [-0.05, 0) is 61.0 Å². The Bertz CT molecular complexity index is 1500. The molecule has 14 heteroatoms. The third-order valence-electron chi connectivity index (χ3n) is 7.70. The van der Waals surface area contributed by atoms with Crippen LogP contribution in [0.3, 0.4) is 0 Å². The van der Waals surface area contributed by atoms with E-state index < -0.39 is 51.8 Å². The predicted molar refractivity (Wildman–Crippen MR) is 150 cm³/mol. The Morgan fingerprint density at radius 2 is 1.36 bits per heavy atom. The number of piperidine rings is 1. The van der Waals surface area contributed by atoms with Crippen molar-refractivity contribution in [3.63, 3.8) is 0 Å². The van der Waals surface area contributed by atoms with Crippen molar-refractivity contribution < 1.29 is 47.7 Å². The lowest BCUT2D eigenvalue weighted by Crippen LogP contribution is -2.48. The fourth-order valence-electron chi connectivity index (χ4n) is 5.35. The number of allylic oxidation sites excluding steroid dienone is 4. The number of benzene rings is 1. The van der Waals surface area contributed by atoms with Crippen molar-refractivity contribution in [3.8, 4) is 0 Å². The van der Waals surface area contributed by atoms with Crippen LogP contribution in [0.2, 0.25) is 0 Å². The standard InChI is InChI=1S/C15H7F6NO4S2.C13H28N/c16-14(17,18)27(23,24)11-6-9-8-4-2-1-3-7(8)5-10(9)12(22)13(11)28(25,26)15(19,20)21;1-3-4-5-6-8-11-14(2)12-9-7-10-13-14/h1-6,22H;3-13H2,1-2H3/q;+1. The summed E-state index contributed by atoms with van der Waals surface area (Å²) >= 11 is 0. The first-order valence-corrected chi connectivity index (χ1v) is 16.7. The molecule has 234 valence electrons. The highest BCUT2D eigenvalue weighted by atomic mass is 32.2. The van der Waals surface area contributed by atoms with Gasteiger partial charge in [0.1, 0.15) is 4.91 Å². The maximum absolute atomic E-state index is 13.0. The molecule has 0 aromatic heterocycles. The number of unbranched alkanes of at least 4 members (excludes halogenated alkanes) is 4. The van der Waals surface area contributed by atoms with Crippen molar-refractivity contribution in [1.82, 2.24) is 0 Å². The Morgan fingerprint density at radius 3 is 1.93 bits per heavy atom. The van der Waals surface area contributed by atoms with Crippen LogP contribution in [-0.4, -0.2) is 64.7 Å². The minimum Gasteiger partial charge on any atom is -0.326 e. The minimum atomic E-state index is -6.58. The molecule has 1 aromatic rings. The highest BCUT2D eigenvalue weighted by Gasteiger charge is 2.57. The van der Waals surface area contributed by atoms with E-state index in [0.717, 1.165) is 6.08 Å². The quantitative estimate of drug-likeness (QED) is 0.185. The SMILES string of the molecule is CCCCCCC[N+]1(C)CCCCC1.N=C1C2=Cc3ccccc3C2=CC(S(=O)(=O)C(F)(F)F)=C1S(=O)(=O)C(F)(F)F. The van der Waals surface area contributed by atoms with E-state index in [2.05, 4.69) is 14.0 Å². The summed E-state index contributed by atoms with van der Waals surface area (Å²) < 4.78 is 127. The molecule has 0 bridgehead atoms. The third kappa shape index (κ3) is 7.02. The maximum Gasteiger partial charge on any atom is 0.502 e. The van der Waals surface area contributed by atoms with Gasteiger partial charge >= 0.3 is 11.0 Å². The third-order valence-corrected chi connectivity index (χ3v) is 10.9. The molecule has 1 N–H and O–H groups in total. The van der Waals surface area contributed by atoms with Gasteiger partial charge in [0.25, 0.3) is 19.7 Å². The molecule has 42 heavy (non-hydrogen) atoms. The summed E-state index contributed by atoms with van der Waals surface area (Å²) in [5.41, 5.74) is -13.9. The number of rotatable bonds is 8. The maximum atomic E-state index is 13.0. The van der Waals surface area contributed by atoms with Crippen LogP contribution in [0.25, 0.3) is 11.6 Å². The average molecular weight is 642 g/mol. The number of nitrogens with one attached hydrogen (secondary N) is 1. The van der Waals surface area contributed by atoms with Crippen LogP contribution in [0.4, 0.5) is 26.3 Å². The van der Waals surface area contributed by atoms with Gasteiger partial charge < -0.3 is 4.48 Å². The van der Waals surface area contributed by atoms with Crippen molar-refractivity contribution in [1.29, 1.82) is 5.41 Å². The number of quaternary nitrogens is 1. The van der Waals surface area contributed by atoms with Gasteiger partial charge in [-0.3, -0.25) is 5.41 Å². The molecule has 0 saturated carbocycles. The molecule has 0 unspecified atom stereocenters. The molecular weight excluding hydrogens is 606 g/mol. The highest BCUT2D eigenvalue weighted by Crippen LogP contribution is 2.47. The number of likely N-dealkylation sites (tertiary alicyclic amines) is 1. The Kier molecular flexibility index (Phi) is 10.3. The van der Waals surface area contributed by atoms with Gasteiger partial charge in [-0.15, -0.1) is 0 Å². The van der Waals surface area contributed by atoms with Crippen LogP contribution in [0.15, 0.2) is 45.7 Å². The van der Waals surface area contributed by atoms with Crippen molar-refractivity contribution in [2.45, 2.75) is 69.3 Å². The van der Waals surface area contributed by atoms with E-state index in [1.165, 1.54) is 99.7 Å². The van der Waals surface area contributed by atoms with E-state index in [1.54, 1.807) is 0 Å². The highest BCUT2D eigenvalue weighted by molar-refractivity contribution is 8.00. The van der Waals surface area contributed by atoms with Gasteiger partial charge in [-0.25, -0.2) is 16.8 Å². The Hall–Kier alpha value is -2.45. The van der Waals surface area contributed by atoms with E-state index in [-0.39, 0.29) is 22.8 Å². The van der Waals surface area contributed by atoms with Crippen LogP contribution in [0.1, 0.15) is 69.4 Å². The summed E-state index contributed by atoms with van der Waals surface area (Å²) in [7, 11) is -10.6. The molecule has 6 nitrogen and oxygen atoms in total. The van der Waals surface area contributed by atoms with E-state index in [4.69, 9.17) is 5.41 Å². The van der Waals surface area contributed by atoms with E-state index in [1.807, 2.05) is 0 Å².